The zero-order valence-corrected chi connectivity index (χ0v) is 17.1. The van der Waals surface area contributed by atoms with Gasteiger partial charge in [0.05, 0.1) is 0 Å². The van der Waals surface area contributed by atoms with Crippen LogP contribution in [0.3, 0.4) is 0 Å². The van der Waals surface area contributed by atoms with Gasteiger partial charge in [-0.05, 0) is 49.5 Å². The summed E-state index contributed by atoms with van der Waals surface area (Å²) in [6.45, 7) is 1.85. The third kappa shape index (κ3) is 6.47. The number of carbonyl (C=O) groups is 1. The summed E-state index contributed by atoms with van der Waals surface area (Å²) in [5, 5.41) is 6.42. The van der Waals surface area contributed by atoms with Crippen LogP contribution in [0.25, 0.3) is 0 Å². The fourth-order valence-corrected chi connectivity index (χ4v) is 3.29. The number of likely N-dealkylation sites (N-methyl/N-ethyl adjacent to an activating group) is 1. The zero-order chi connectivity index (χ0) is 20.5. The second kappa shape index (κ2) is 10.4. The number of nitrogens with zero attached hydrogens (tertiary/aromatic N) is 1. The molecule has 0 radical (unpaired) electrons. The van der Waals surface area contributed by atoms with Crippen molar-refractivity contribution in [2.24, 2.45) is 0 Å². The summed E-state index contributed by atoms with van der Waals surface area (Å²) < 4.78 is 0. The molecule has 29 heavy (non-hydrogen) atoms. The summed E-state index contributed by atoms with van der Waals surface area (Å²) in [5.41, 5.74) is 4.16. The van der Waals surface area contributed by atoms with Crippen LogP contribution in [0, 0.1) is 0 Å². The minimum atomic E-state index is 0.0102. The van der Waals surface area contributed by atoms with Crippen molar-refractivity contribution in [3.63, 3.8) is 0 Å². The summed E-state index contributed by atoms with van der Waals surface area (Å²) >= 11 is 0. The molecule has 0 bridgehead atoms. The molecule has 0 fully saturated rings. The Hall–Kier alpha value is -3.11. The fraction of sp³-hybridized carbons (Fsp3) is 0.240. The van der Waals surface area contributed by atoms with Gasteiger partial charge >= 0.3 is 0 Å². The summed E-state index contributed by atoms with van der Waals surface area (Å²) in [6, 6.07) is 28.3. The second-order valence-corrected chi connectivity index (χ2v) is 7.43. The molecule has 0 spiro atoms. The summed E-state index contributed by atoms with van der Waals surface area (Å²) in [6.07, 6.45) is 0.400. The molecule has 0 atom stereocenters. The van der Waals surface area contributed by atoms with Crippen molar-refractivity contribution < 1.29 is 4.79 Å². The fourth-order valence-electron chi connectivity index (χ4n) is 3.29. The van der Waals surface area contributed by atoms with Gasteiger partial charge in [0.1, 0.15) is 0 Å². The third-order valence-electron chi connectivity index (χ3n) is 4.85. The zero-order valence-electron chi connectivity index (χ0n) is 17.1. The van der Waals surface area contributed by atoms with Crippen molar-refractivity contribution in [2.45, 2.75) is 12.3 Å². The highest BCUT2D eigenvalue weighted by atomic mass is 16.1. The smallest absolute Gasteiger partial charge is 0.225 e. The number of nitrogens with one attached hydrogen (secondary N) is 2. The lowest BCUT2D eigenvalue weighted by Gasteiger charge is -2.18. The van der Waals surface area contributed by atoms with Gasteiger partial charge in [-0.3, -0.25) is 4.79 Å². The lowest BCUT2D eigenvalue weighted by molar-refractivity contribution is -0.116. The van der Waals surface area contributed by atoms with Crippen LogP contribution in [-0.2, 0) is 4.79 Å². The molecule has 0 saturated carbocycles. The largest absolute Gasteiger partial charge is 0.384 e. The van der Waals surface area contributed by atoms with Crippen LogP contribution in [-0.4, -0.2) is 38.0 Å². The molecule has 4 nitrogen and oxygen atoms in total. The number of benzene rings is 3. The van der Waals surface area contributed by atoms with Gasteiger partial charge < -0.3 is 15.5 Å². The normalized spacial score (nSPS) is 10.9. The molecular formula is C25H29N3O. The predicted octanol–water partition coefficient (Wildman–Crippen LogP) is 4.82. The average molecular weight is 388 g/mol. The molecule has 2 N–H and O–H groups in total. The van der Waals surface area contributed by atoms with Crippen molar-refractivity contribution in [1.82, 2.24) is 4.90 Å². The van der Waals surface area contributed by atoms with E-state index in [0.29, 0.717) is 6.42 Å². The van der Waals surface area contributed by atoms with Crippen LogP contribution in [0.2, 0.25) is 0 Å². The predicted molar refractivity (Wildman–Crippen MR) is 121 cm³/mol. The molecule has 3 aromatic rings. The highest BCUT2D eigenvalue weighted by Crippen LogP contribution is 2.28. The molecule has 4 heteroatoms. The van der Waals surface area contributed by atoms with Gasteiger partial charge in [0.2, 0.25) is 5.91 Å². The standard InChI is InChI=1S/C25H29N3O/c1-28(2)18-17-26-22-13-15-23(16-14-22)27-25(29)19-24(20-9-5-3-6-10-20)21-11-7-4-8-12-21/h3-16,24,26H,17-19H2,1-2H3,(H,27,29). The molecule has 0 aliphatic heterocycles. The lowest BCUT2D eigenvalue weighted by Crippen LogP contribution is -2.20. The van der Waals surface area contributed by atoms with E-state index in [1.807, 2.05) is 60.7 Å². The summed E-state index contributed by atoms with van der Waals surface area (Å²) in [7, 11) is 4.11. The summed E-state index contributed by atoms with van der Waals surface area (Å²) in [4.78, 5) is 14.9. The van der Waals surface area contributed by atoms with Crippen LogP contribution >= 0.6 is 0 Å². The van der Waals surface area contributed by atoms with Crippen molar-refractivity contribution in [1.29, 1.82) is 0 Å². The Labute approximate surface area is 173 Å². The maximum absolute atomic E-state index is 12.8. The number of hydrogen-bond donors (Lipinski definition) is 2. The molecule has 0 heterocycles. The van der Waals surface area contributed by atoms with E-state index in [0.717, 1.165) is 35.6 Å². The van der Waals surface area contributed by atoms with Crippen LogP contribution in [0.1, 0.15) is 23.5 Å². The molecule has 3 aromatic carbocycles. The van der Waals surface area contributed by atoms with E-state index in [9.17, 15) is 4.79 Å². The first-order chi connectivity index (χ1) is 14.1. The molecular weight excluding hydrogens is 358 g/mol. The number of carbonyl (C=O) groups excluding carboxylic acids is 1. The highest BCUT2D eigenvalue weighted by molar-refractivity contribution is 5.91. The second-order valence-electron chi connectivity index (χ2n) is 7.43. The van der Waals surface area contributed by atoms with E-state index in [4.69, 9.17) is 0 Å². The number of amides is 1. The molecule has 150 valence electrons. The van der Waals surface area contributed by atoms with E-state index >= 15 is 0 Å². The lowest BCUT2D eigenvalue weighted by atomic mass is 9.88. The average Bonchev–Trinajstić information content (AvgIpc) is 2.74. The molecule has 0 unspecified atom stereocenters. The maximum Gasteiger partial charge on any atom is 0.225 e. The first-order valence-corrected chi connectivity index (χ1v) is 10.0. The van der Waals surface area contributed by atoms with Gasteiger partial charge in [0, 0.05) is 36.8 Å². The topological polar surface area (TPSA) is 44.4 Å². The van der Waals surface area contributed by atoms with Gasteiger partial charge in [0.25, 0.3) is 0 Å². The monoisotopic (exact) mass is 387 g/mol. The van der Waals surface area contributed by atoms with E-state index in [-0.39, 0.29) is 11.8 Å². The Morgan fingerprint density at radius 3 is 1.83 bits per heavy atom. The Balaban J connectivity index is 1.63. The van der Waals surface area contributed by atoms with Gasteiger partial charge in [-0.25, -0.2) is 0 Å². The van der Waals surface area contributed by atoms with Crippen LogP contribution in [0.5, 0.6) is 0 Å². The van der Waals surface area contributed by atoms with Crippen LogP contribution in [0.15, 0.2) is 84.9 Å². The molecule has 0 aliphatic carbocycles. The number of anilines is 2. The van der Waals surface area contributed by atoms with E-state index < -0.39 is 0 Å². The van der Waals surface area contributed by atoms with Gasteiger partial charge in [0.15, 0.2) is 0 Å². The molecule has 0 aliphatic rings. The molecule has 0 saturated heterocycles. The van der Waals surface area contributed by atoms with E-state index in [1.54, 1.807) is 0 Å². The summed E-state index contributed by atoms with van der Waals surface area (Å²) in [5.74, 6) is 0.0420. The minimum absolute atomic E-state index is 0.0102. The third-order valence-corrected chi connectivity index (χ3v) is 4.85. The molecule has 1 amide bonds. The Bertz CT molecular complexity index is 837. The highest BCUT2D eigenvalue weighted by Gasteiger charge is 2.18. The number of rotatable bonds is 9. The Kier molecular flexibility index (Phi) is 7.42. The molecule has 0 aromatic heterocycles. The van der Waals surface area contributed by atoms with Crippen molar-refractivity contribution in [3.8, 4) is 0 Å². The van der Waals surface area contributed by atoms with Gasteiger partial charge in [-0.2, -0.15) is 0 Å². The first kappa shape index (κ1) is 20.6. The van der Waals surface area contributed by atoms with E-state index in [2.05, 4.69) is 53.9 Å². The van der Waals surface area contributed by atoms with Crippen molar-refractivity contribution in [2.75, 3.05) is 37.8 Å². The SMILES string of the molecule is CN(C)CCNc1ccc(NC(=O)CC(c2ccccc2)c2ccccc2)cc1. The Morgan fingerprint density at radius 2 is 1.31 bits per heavy atom. The van der Waals surface area contributed by atoms with Gasteiger partial charge in [-0.1, -0.05) is 60.7 Å². The van der Waals surface area contributed by atoms with Gasteiger partial charge in [-0.15, -0.1) is 0 Å². The quantitative estimate of drug-likeness (QED) is 0.553. The minimum Gasteiger partial charge on any atom is -0.384 e. The maximum atomic E-state index is 12.8. The van der Waals surface area contributed by atoms with Crippen molar-refractivity contribution >= 4 is 17.3 Å². The van der Waals surface area contributed by atoms with Crippen LogP contribution in [0.4, 0.5) is 11.4 Å². The number of hydrogen-bond acceptors (Lipinski definition) is 3. The Morgan fingerprint density at radius 1 is 0.793 bits per heavy atom. The van der Waals surface area contributed by atoms with Crippen molar-refractivity contribution in [3.05, 3.63) is 96.1 Å². The first-order valence-electron chi connectivity index (χ1n) is 10.0. The van der Waals surface area contributed by atoms with Crippen LogP contribution < -0.4 is 10.6 Å². The molecule has 3 rings (SSSR count). The van der Waals surface area contributed by atoms with E-state index in [1.165, 1.54) is 0 Å².